The van der Waals surface area contributed by atoms with E-state index in [9.17, 15) is 0 Å². The second kappa shape index (κ2) is 7.36. The Morgan fingerprint density at radius 2 is 1.90 bits per heavy atom. The van der Waals surface area contributed by atoms with Gasteiger partial charge in [-0.05, 0) is 30.5 Å². The Morgan fingerprint density at radius 3 is 2.60 bits per heavy atom. The van der Waals surface area contributed by atoms with Gasteiger partial charge in [-0.2, -0.15) is 0 Å². The molecule has 2 N–H and O–H groups in total. The number of aromatic nitrogens is 1. The van der Waals surface area contributed by atoms with E-state index in [4.69, 9.17) is 5.73 Å². The van der Waals surface area contributed by atoms with E-state index in [1.54, 1.807) is 0 Å². The lowest BCUT2D eigenvalue weighted by Gasteiger charge is -2.30. The molecule has 0 unspecified atom stereocenters. The first kappa shape index (κ1) is 14.9. The van der Waals surface area contributed by atoms with E-state index < -0.39 is 0 Å². The molecule has 20 heavy (non-hydrogen) atoms. The Bertz CT molecular complexity index is 529. The molecule has 1 aromatic heterocycles. The van der Waals surface area contributed by atoms with Gasteiger partial charge in [0.15, 0.2) is 0 Å². The van der Waals surface area contributed by atoms with E-state index in [1.807, 2.05) is 12.3 Å². The molecule has 0 radical (unpaired) electrons. The minimum absolute atomic E-state index is 0.602. The summed E-state index contributed by atoms with van der Waals surface area (Å²) in [7, 11) is 0. The van der Waals surface area contributed by atoms with Gasteiger partial charge in [-0.1, -0.05) is 32.0 Å². The number of rotatable bonds is 7. The molecule has 0 aliphatic carbocycles. The summed E-state index contributed by atoms with van der Waals surface area (Å²) in [6.45, 7) is 7.11. The maximum absolute atomic E-state index is 5.79. The number of para-hydroxylation sites is 1. The molecule has 3 nitrogen and oxygen atoms in total. The summed E-state index contributed by atoms with van der Waals surface area (Å²) >= 11 is 0. The molecule has 0 aliphatic rings. The predicted octanol–water partition coefficient (Wildman–Crippen LogP) is 3.18. The fourth-order valence-corrected chi connectivity index (χ4v) is 2.87. The summed E-state index contributed by atoms with van der Waals surface area (Å²) < 4.78 is 0. The van der Waals surface area contributed by atoms with Crippen molar-refractivity contribution in [2.75, 3.05) is 13.1 Å². The van der Waals surface area contributed by atoms with Gasteiger partial charge in [0.2, 0.25) is 0 Å². The van der Waals surface area contributed by atoms with Gasteiger partial charge in [-0.3, -0.25) is 9.88 Å². The molecule has 3 heteroatoms. The van der Waals surface area contributed by atoms with E-state index in [1.165, 1.54) is 23.8 Å². The molecule has 0 aliphatic heterocycles. The van der Waals surface area contributed by atoms with E-state index in [-0.39, 0.29) is 0 Å². The molecule has 2 rings (SSSR count). The number of nitrogens with zero attached hydrogens (tertiary/aromatic N) is 2. The molecule has 0 atom stereocenters. The highest BCUT2D eigenvalue weighted by atomic mass is 15.2. The monoisotopic (exact) mass is 271 g/mol. The number of benzene rings is 1. The summed E-state index contributed by atoms with van der Waals surface area (Å²) in [6.07, 6.45) is 4.24. The Hall–Kier alpha value is -1.45. The van der Waals surface area contributed by atoms with Crippen molar-refractivity contribution in [3.63, 3.8) is 0 Å². The first-order valence-electron chi connectivity index (χ1n) is 7.56. The molecule has 2 aromatic rings. The largest absolute Gasteiger partial charge is 0.329 e. The van der Waals surface area contributed by atoms with Crippen LogP contribution in [0.3, 0.4) is 0 Å². The van der Waals surface area contributed by atoms with E-state index in [0.717, 1.165) is 18.6 Å². The average molecular weight is 271 g/mol. The Balaban J connectivity index is 2.28. The van der Waals surface area contributed by atoms with Crippen molar-refractivity contribution in [2.24, 2.45) is 5.73 Å². The molecular formula is C17H25N3. The standard InChI is InChI=1S/C17H25N3/c1-3-15(4-2)20(12-10-18)13-14-9-11-19-17-8-6-5-7-16(14)17/h5-9,11,15H,3-4,10,12-13,18H2,1-2H3. The first-order valence-corrected chi connectivity index (χ1v) is 7.56. The highest BCUT2D eigenvalue weighted by Gasteiger charge is 2.15. The summed E-state index contributed by atoms with van der Waals surface area (Å²) in [4.78, 5) is 6.94. The van der Waals surface area contributed by atoms with Gasteiger partial charge in [-0.25, -0.2) is 0 Å². The van der Waals surface area contributed by atoms with Crippen LogP contribution in [0.2, 0.25) is 0 Å². The first-order chi connectivity index (χ1) is 9.80. The molecule has 0 saturated heterocycles. The smallest absolute Gasteiger partial charge is 0.0705 e. The van der Waals surface area contributed by atoms with Crippen LogP contribution >= 0.6 is 0 Å². The van der Waals surface area contributed by atoms with Gasteiger partial charge in [0.25, 0.3) is 0 Å². The third-order valence-corrected chi connectivity index (χ3v) is 3.99. The lowest BCUT2D eigenvalue weighted by atomic mass is 10.1. The third kappa shape index (κ3) is 3.35. The van der Waals surface area contributed by atoms with Crippen LogP contribution in [0.25, 0.3) is 10.9 Å². The molecule has 108 valence electrons. The fourth-order valence-electron chi connectivity index (χ4n) is 2.87. The van der Waals surface area contributed by atoms with E-state index in [0.29, 0.717) is 12.6 Å². The lowest BCUT2D eigenvalue weighted by Crippen LogP contribution is -2.37. The maximum atomic E-state index is 5.79. The topological polar surface area (TPSA) is 42.1 Å². The summed E-state index contributed by atoms with van der Waals surface area (Å²) in [5, 5.41) is 1.25. The molecule has 1 aromatic carbocycles. The summed E-state index contributed by atoms with van der Waals surface area (Å²) in [5.41, 5.74) is 8.20. The van der Waals surface area contributed by atoms with Crippen LogP contribution < -0.4 is 5.73 Å². The summed E-state index contributed by atoms with van der Waals surface area (Å²) in [5.74, 6) is 0. The van der Waals surface area contributed by atoms with Crippen molar-refractivity contribution < 1.29 is 0 Å². The highest BCUT2D eigenvalue weighted by molar-refractivity contribution is 5.81. The zero-order valence-corrected chi connectivity index (χ0v) is 12.5. The van der Waals surface area contributed by atoms with Gasteiger partial charge in [0, 0.05) is 37.3 Å². The highest BCUT2D eigenvalue weighted by Crippen LogP contribution is 2.20. The minimum atomic E-state index is 0.602. The SMILES string of the molecule is CCC(CC)N(CCN)Cc1ccnc2ccccc12. The van der Waals surface area contributed by atoms with Gasteiger partial charge >= 0.3 is 0 Å². The number of pyridine rings is 1. The van der Waals surface area contributed by atoms with Crippen molar-refractivity contribution >= 4 is 10.9 Å². The molecule has 0 saturated carbocycles. The van der Waals surface area contributed by atoms with Crippen LogP contribution in [-0.4, -0.2) is 29.0 Å². The van der Waals surface area contributed by atoms with Crippen LogP contribution in [0.15, 0.2) is 36.5 Å². The number of hydrogen-bond donors (Lipinski definition) is 1. The Morgan fingerprint density at radius 1 is 1.15 bits per heavy atom. The Labute approximate surface area is 121 Å². The van der Waals surface area contributed by atoms with Crippen molar-refractivity contribution in [3.05, 3.63) is 42.1 Å². The van der Waals surface area contributed by atoms with Crippen LogP contribution in [0.1, 0.15) is 32.3 Å². The van der Waals surface area contributed by atoms with Gasteiger partial charge in [0.1, 0.15) is 0 Å². The quantitative estimate of drug-likeness (QED) is 0.841. The molecular weight excluding hydrogens is 246 g/mol. The van der Waals surface area contributed by atoms with Gasteiger partial charge in [0.05, 0.1) is 5.52 Å². The van der Waals surface area contributed by atoms with Crippen LogP contribution in [-0.2, 0) is 6.54 Å². The zero-order valence-electron chi connectivity index (χ0n) is 12.5. The maximum Gasteiger partial charge on any atom is 0.0705 e. The summed E-state index contributed by atoms with van der Waals surface area (Å²) in [6, 6.07) is 11.1. The molecule has 0 spiro atoms. The molecule has 0 amide bonds. The molecule has 1 heterocycles. The minimum Gasteiger partial charge on any atom is -0.329 e. The Kier molecular flexibility index (Phi) is 5.50. The number of hydrogen-bond acceptors (Lipinski definition) is 3. The third-order valence-electron chi connectivity index (χ3n) is 3.99. The van der Waals surface area contributed by atoms with Crippen LogP contribution in [0, 0.1) is 0 Å². The molecule has 0 bridgehead atoms. The van der Waals surface area contributed by atoms with Crippen molar-refractivity contribution in [2.45, 2.75) is 39.3 Å². The number of fused-ring (bicyclic) bond motifs is 1. The van der Waals surface area contributed by atoms with Crippen molar-refractivity contribution in [3.8, 4) is 0 Å². The zero-order chi connectivity index (χ0) is 14.4. The van der Waals surface area contributed by atoms with E-state index in [2.05, 4.69) is 48.0 Å². The van der Waals surface area contributed by atoms with E-state index >= 15 is 0 Å². The predicted molar refractivity (Wildman–Crippen MR) is 85.6 cm³/mol. The lowest BCUT2D eigenvalue weighted by molar-refractivity contribution is 0.183. The van der Waals surface area contributed by atoms with Crippen molar-refractivity contribution in [1.82, 2.24) is 9.88 Å². The molecule has 0 fully saturated rings. The second-order valence-electron chi connectivity index (χ2n) is 5.22. The normalized spacial score (nSPS) is 11.7. The van der Waals surface area contributed by atoms with Gasteiger partial charge in [-0.15, -0.1) is 0 Å². The van der Waals surface area contributed by atoms with Crippen LogP contribution in [0.4, 0.5) is 0 Å². The number of nitrogens with two attached hydrogens (primary N) is 1. The second-order valence-corrected chi connectivity index (χ2v) is 5.22. The average Bonchev–Trinajstić information content (AvgIpc) is 2.49. The van der Waals surface area contributed by atoms with Crippen LogP contribution in [0.5, 0.6) is 0 Å². The fraction of sp³-hybridized carbons (Fsp3) is 0.471. The van der Waals surface area contributed by atoms with Crippen molar-refractivity contribution in [1.29, 1.82) is 0 Å². The van der Waals surface area contributed by atoms with Gasteiger partial charge < -0.3 is 5.73 Å².